The molecule has 0 spiro atoms. The Labute approximate surface area is 95.2 Å². The predicted molar refractivity (Wildman–Crippen MR) is 64.0 cm³/mol. The Hall–Kier alpha value is -0.770. The fourth-order valence-corrected chi connectivity index (χ4v) is 1.61. The number of hydrogen-bond donors (Lipinski definition) is 3. The molecular formula is C11H17ClN2O. The molecule has 0 aliphatic rings. The lowest BCUT2D eigenvalue weighted by Crippen LogP contribution is -2.23. The van der Waals surface area contributed by atoms with Crippen LogP contribution in [-0.4, -0.2) is 18.2 Å². The molecule has 0 fully saturated rings. The average Bonchev–Trinajstić information content (AvgIpc) is 2.21. The molecule has 0 heterocycles. The third kappa shape index (κ3) is 3.09. The van der Waals surface area contributed by atoms with Crippen molar-refractivity contribution in [1.29, 1.82) is 0 Å². The van der Waals surface area contributed by atoms with Crippen LogP contribution in [0.2, 0.25) is 5.02 Å². The van der Waals surface area contributed by atoms with Gasteiger partial charge in [0.15, 0.2) is 0 Å². The van der Waals surface area contributed by atoms with Crippen LogP contribution in [0.25, 0.3) is 0 Å². The number of anilines is 1. The van der Waals surface area contributed by atoms with Gasteiger partial charge in [0.1, 0.15) is 0 Å². The SMILES string of the molecule is CNC(C)CC(O)c1cccc(Cl)c1N. The largest absolute Gasteiger partial charge is 0.397 e. The molecule has 4 heteroatoms. The molecule has 15 heavy (non-hydrogen) atoms. The van der Waals surface area contributed by atoms with Gasteiger partial charge in [-0.1, -0.05) is 23.7 Å². The van der Waals surface area contributed by atoms with Gasteiger partial charge in [0, 0.05) is 11.6 Å². The van der Waals surface area contributed by atoms with E-state index in [0.717, 1.165) is 0 Å². The Morgan fingerprint density at radius 2 is 2.20 bits per heavy atom. The summed E-state index contributed by atoms with van der Waals surface area (Å²) in [6.45, 7) is 2.00. The molecule has 2 atom stereocenters. The third-order valence-electron chi connectivity index (χ3n) is 2.52. The second-order valence-electron chi connectivity index (χ2n) is 3.68. The highest BCUT2D eigenvalue weighted by Crippen LogP contribution is 2.29. The van der Waals surface area contributed by atoms with Gasteiger partial charge in [-0.3, -0.25) is 0 Å². The molecule has 0 radical (unpaired) electrons. The number of hydrogen-bond acceptors (Lipinski definition) is 3. The van der Waals surface area contributed by atoms with E-state index in [-0.39, 0.29) is 6.04 Å². The number of aliphatic hydroxyl groups excluding tert-OH is 1. The zero-order chi connectivity index (χ0) is 11.4. The molecule has 1 rings (SSSR count). The zero-order valence-electron chi connectivity index (χ0n) is 9.00. The predicted octanol–water partition coefficient (Wildman–Crippen LogP) is 1.95. The molecule has 3 nitrogen and oxygen atoms in total. The summed E-state index contributed by atoms with van der Waals surface area (Å²) in [4.78, 5) is 0. The average molecular weight is 229 g/mol. The highest BCUT2D eigenvalue weighted by atomic mass is 35.5. The maximum absolute atomic E-state index is 9.95. The zero-order valence-corrected chi connectivity index (χ0v) is 9.75. The fraction of sp³-hybridized carbons (Fsp3) is 0.455. The Bertz CT molecular complexity index is 330. The van der Waals surface area contributed by atoms with Crippen LogP contribution in [0.5, 0.6) is 0 Å². The first-order valence-electron chi connectivity index (χ1n) is 4.95. The van der Waals surface area contributed by atoms with Gasteiger partial charge in [-0.2, -0.15) is 0 Å². The first-order chi connectivity index (χ1) is 7.06. The molecule has 0 aliphatic carbocycles. The van der Waals surface area contributed by atoms with Crippen molar-refractivity contribution in [2.45, 2.75) is 25.5 Å². The second-order valence-corrected chi connectivity index (χ2v) is 4.09. The van der Waals surface area contributed by atoms with E-state index in [4.69, 9.17) is 17.3 Å². The van der Waals surface area contributed by atoms with Crippen LogP contribution in [0, 0.1) is 0 Å². The number of rotatable bonds is 4. The monoisotopic (exact) mass is 228 g/mol. The number of nitrogens with one attached hydrogen (secondary N) is 1. The highest BCUT2D eigenvalue weighted by molar-refractivity contribution is 6.33. The molecule has 0 aliphatic heterocycles. The van der Waals surface area contributed by atoms with Crippen molar-refractivity contribution >= 4 is 17.3 Å². The van der Waals surface area contributed by atoms with Gasteiger partial charge in [-0.05, 0) is 26.5 Å². The Balaban J connectivity index is 2.82. The molecule has 2 unspecified atom stereocenters. The second kappa shape index (κ2) is 5.35. The summed E-state index contributed by atoms with van der Waals surface area (Å²) in [5, 5.41) is 13.5. The number of halogens is 1. The Kier molecular flexibility index (Phi) is 4.39. The lowest BCUT2D eigenvalue weighted by molar-refractivity contribution is 0.156. The van der Waals surface area contributed by atoms with Gasteiger partial charge in [0.05, 0.1) is 16.8 Å². The number of nitrogens with two attached hydrogens (primary N) is 1. The van der Waals surface area contributed by atoms with E-state index in [0.29, 0.717) is 22.7 Å². The Morgan fingerprint density at radius 3 is 2.80 bits per heavy atom. The van der Waals surface area contributed by atoms with E-state index in [9.17, 15) is 5.11 Å². The minimum atomic E-state index is -0.578. The van der Waals surface area contributed by atoms with Crippen molar-refractivity contribution in [2.75, 3.05) is 12.8 Å². The van der Waals surface area contributed by atoms with Crippen molar-refractivity contribution in [1.82, 2.24) is 5.32 Å². The molecule has 84 valence electrons. The van der Waals surface area contributed by atoms with E-state index < -0.39 is 6.10 Å². The molecule has 0 bridgehead atoms. The van der Waals surface area contributed by atoms with Crippen LogP contribution in [0.3, 0.4) is 0 Å². The van der Waals surface area contributed by atoms with Crippen molar-refractivity contribution in [3.63, 3.8) is 0 Å². The van der Waals surface area contributed by atoms with Gasteiger partial charge in [0.2, 0.25) is 0 Å². The fourth-order valence-electron chi connectivity index (χ4n) is 1.42. The molecule has 0 saturated carbocycles. The molecule has 4 N–H and O–H groups in total. The maximum atomic E-state index is 9.95. The summed E-state index contributed by atoms with van der Waals surface area (Å²) in [6.07, 6.45) is 0.0345. The topological polar surface area (TPSA) is 58.3 Å². The van der Waals surface area contributed by atoms with Gasteiger partial charge < -0.3 is 16.2 Å². The highest BCUT2D eigenvalue weighted by Gasteiger charge is 2.14. The Morgan fingerprint density at radius 1 is 1.53 bits per heavy atom. The van der Waals surface area contributed by atoms with Crippen LogP contribution in [0.4, 0.5) is 5.69 Å². The van der Waals surface area contributed by atoms with E-state index in [1.165, 1.54) is 0 Å². The lowest BCUT2D eigenvalue weighted by atomic mass is 10.0. The normalized spacial score (nSPS) is 14.9. The van der Waals surface area contributed by atoms with Crippen LogP contribution in [0.1, 0.15) is 25.0 Å². The first kappa shape index (κ1) is 12.3. The smallest absolute Gasteiger partial charge is 0.0825 e. The molecular weight excluding hydrogens is 212 g/mol. The van der Waals surface area contributed by atoms with E-state index >= 15 is 0 Å². The standard InChI is InChI=1S/C11H17ClN2O/c1-7(14-2)6-10(15)8-4-3-5-9(12)11(8)13/h3-5,7,10,14-15H,6,13H2,1-2H3. The summed E-state index contributed by atoms with van der Waals surface area (Å²) < 4.78 is 0. The number of nitrogen functional groups attached to an aromatic ring is 1. The van der Waals surface area contributed by atoms with Crippen molar-refractivity contribution in [3.8, 4) is 0 Å². The van der Waals surface area contributed by atoms with Crippen LogP contribution >= 0.6 is 11.6 Å². The van der Waals surface area contributed by atoms with E-state index in [1.54, 1.807) is 18.2 Å². The van der Waals surface area contributed by atoms with Gasteiger partial charge in [-0.15, -0.1) is 0 Å². The minimum absolute atomic E-state index is 0.235. The van der Waals surface area contributed by atoms with Gasteiger partial charge in [0.25, 0.3) is 0 Å². The molecule has 1 aromatic carbocycles. The number of benzene rings is 1. The molecule has 0 saturated heterocycles. The first-order valence-corrected chi connectivity index (χ1v) is 5.33. The van der Waals surface area contributed by atoms with Crippen LogP contribution in [-0.2, 0) is 0 Å². The summed E-state index contributed by atoms with van der Waals surface area (Å²) >= 11 is 5.88. The quantitative estimate of drug-likeness (QED) is 0.691. The van der Waals surface area contributed by atoms with Gasteiger partial charge in [-0.25, -0.2) is 0 Å². The third-order valence-corrected chi connectivity index (χ3v) is 2.84. The van der Waals surface area contributed by atoms with E-state index in [2.05, 4.69) is 5.32 Å². The summed E-state index contributed by atoms with van der Waals surface area (Å²) in [7, 11) is 1.86. The minimum Gasteiger partial charge on any atom is -0.397 e. The molecule has 0 aromatic heterocycles. The van der Waals surface area contributed by atoms with E-state index in [1.807, 2.05) is 14.0 Å². The van der Waals surface area contributed by atoms with Crippen LogP contribution in [0.15, 0.2) is 18.2 Å². The molecule has 1 aromatic rings. The van der Waals surface area contributed by atoms with Crippen LogP contribution < -0.4 is 11.1 Å². The maximum Gasteiger partial charge on any atom is 0.0825 e. The summed E-state index contributed by atoms with van der Waals surface area (Å²) in [5.74, 6) is 0. The van der Waals surface area contributed by atoms with Crippen molar-refractivity contribution < 1.29 is 5.11 Å². The van der Waals surface area contributed by atoms with Crippen molar-refractivity contribution in [3.05, 3.63) is 28.8 Å². The van der Waals surface area contributed by atoms with Crippen molar-refractivity contribution in [2.24, 2.45) is 0 Å². The summed E-state index contributed by atoms with van der Waals surface area (Å²) in [6, 6.07) is 5.54. The summed E-state index contributed by atoms with van der Waals surface area (Å²) in [5.41, 5.74) is 6.95. The number of para-hydroxylation sites is 1. The van der Waals surface area contributed by atoms with Gasteiger partial charge >= 0.3 is 0 Å². The number of aliphatic hydroxyl groups is 1. The lowest BCUT2D eigenvalue weighted by Gasteiger charge is -2.18. The molecule has 0 amide bonds.